The normalized spacial score (nSPS) is 13.6. The first kappa shape index (κ1) is 24.5. The fourth-order valence-electron chi connectivity index (χ4n) is 3.37. The number of aromatic amines is 1. The molecule has 0 radical (unpaired) electrons. The summed E-state index contributed by atoms with van der Waals surface area (Å²) in [5, 5.41) is 24.2. The number of carboxylic acid groups (broad SMARTS) is 1. The van der Waals surface area contributed by atoms with Crippen LogP contribution in [0, 0.1) is 10.1 Å². The van der Waals surface area contributed by atoms with Crippen molar-refractivity contribution in [2.24, 2.45) is 0 Å². The summed E-state index contributed by atoms with van der Waals surface area (Å²) in [6.07, 6.45) is 1.68. The summed E-state index contributed by atoms with van der Waals surface area (Å²) in [4.78, 5) is 25.6. The second-order valence-electron chi connectivity index (χ2n) is 7.47. The second-order valence-corrected chi connectivity index (χ2v) is 10.0. The highest BCUT2D eigenvalue weighted by atomic mass is 79.9. The van der Waals surface area contributed by atoms with Crippen molar-refractivity contribution in [2.75, 3.05) is 0 Å². The van der Waals surface area contributed by atoms with E-state index in [1.54, 1.807) is 18.3 Å². The van der Waals surface area contributed by atoms with Crippen molar-refractivity contribution < 1.29 is 28.4 Å². The highest BCUT2D eigenvalue weighted by molar-refractivity contribution is 9.10. The number of aromatic nitrogens is 1. The van der Waals surface area contributed by atoms with E-state index in [0.29, 0.717) is 5.56 Å². The lowest BCUT2D eigenvalue weighted by Gasteiger charge is -2.23. The van der Waals surface area contributed by atoms with Gasteiger partial charge in [0.05, 0.1) is 4.92 Å². The molecule has 1 unspecified atom stereocenters. The van der Waals surface area contributed by atoms with Crippen LogP contribution in [0.1, 0.15) is 5.56 Å². The first-order chi connectivity index (χ1) is 16.7. The summed E-state index contributed by atoms with van der Waals surface area (Å²) in [5.41, 5.74) is 1.35. The number of rotatable bonds is 10. The van der Waals surface area contributed by atoms with Gasteiger partial charge in [-0.3, -0.25) is 14.9 Å². The van der Waals surface area contributed by atoms with Crippen LogP contribution in [-0.2, 0) is 15.8 Å². The molecule has 12 heteroatoms. The van der Waals surface area contributed by atoms with Crippen molar-refractivity contribution in [1.29, 1.82) is 0 Å². The van der Waals surface area contributed by atoms with E-state index >= 15 is 0 Å². The Morgan fingerprint density at radius 1 is 1.06 bits per heavy atom. The van der Waals surface area contributed by atoms with Gasteiger partial charge in [0.1, 0.15) is 17.5 Å². The Kier molecular flexibility index (Phi) is 7.20. The number of aliphatic carboxylic acids is 1. The fourth-order valence-corrected chi connectivity index (χ4v) is 5.16. The van der Waals surface area contributed by atoms with Crippen molar-refractivity contribution in [1.82, 2.24) is 10.1 Å². The van der Waals surface area contributed by atoms with E-state index in [9.17, 15) is 24.6 Å². The highest BCUT2D eigenvalue weighted by Crippen LogP contribution is 2.46. The van der Waals surface area contributed by atoms with Crippen LogP contribution in [0.25, 0.3) is 10.9 Å². The minimum atomic E-state index is -4.33. The monoisotopic (exact) mass is 559 g/mol. The van der Waals surface area contributed by atoms with E-state index in [-0.39, 0.29) is 23.6 Å². The number of H-pyrrole nitrogens is 1. The van der Waals surface area contributed by atoms with Crippen LogP contribution in [0.4, 0.5) is 5.69 Å². The van der Waals surface area contributed by atoms with Gasteiger partial charge >= 0.3 is 13.7 Å². The number of nitro benzene ring substituents is 1. The maximum absolute atomic E-state index is 13.8. The molecule has 35 heavy (non-hydrogen) atoms. The molecule has 0 fully saturated rings. The summed E-state index contributed by atoms with van der Waals surface area (Å²) < 4.78 is 25.7. The number of halogens is 1. The van der Waals surface area contributed by atoms with Crippen molar-refractivity contribution >= 4 is 46.2 Å². The van der Waals surface area contributed by atoms with Gasteiger partial charge in [0.2, 0.25) is 0 Å². The number of nitrogens with zero attached hydrogens (tertiary/aromatic N) is 1. The predicted molar refractivity (Wildman–Crippen MR) is 133 cm³/mol. The number of hydrogen-bond acceptors (Lipinski definition) is 6. The van der Waals surface area contributed by atoms with Gasteiger partial charge in [-0.15, -0.1) is 0 Å². The first-order valence-corrected chi connectivity index (χ1v) is 12.6. The van der Waals surface area contributed by atoms with Crippen LogP contribution in [0.2, 0.25) is 0 Å². The lowest BCUT2D eigenvalue weighted by Crippen LogP contribution is -2.38. The highest BCUT2D eigenvalue weighted by Gasteiger charge is 2.35. The molecule has 0 saturated carbocycles. The molecule has 0 bridgehead atoms. The molecular weight excluding hydrogens is 541 g/mol. The van der Waals surface area contributed by atoms with Crippen molar-refractivity contribution in [3.05, 3.63) is 99.1 Å². The van der Waals surface area contributed by atoms with Crippen LogP contribution in [-0.4, -0.2) is 27.0 Å². The van der Waals surface area contributed by atoms with Crippen molar-refractivity contribution in [3.63, 3.8) is 0 Å². The Morgan fingerprint density at radius 3 is 2.26 bits per heavy atom. The van der Waals surface area contributed by atoms with Crippen molar-refractivity contribution in [3.8, 4) is 11.5 Å². The molecule has 1 heterocycles. The molecular formula is C23H19BrN3O7P. The molecule has 180 valence electrons. The number of para-hydroxylation sites is 1. The number of benzene rings is 3. The smallest absolute Gasteiger partial charge is 0.480 e. The summed E-state index contributed by atoms with van der Waals surface area (Å²) in [6.45, 7) is 0. The average molecular weight is 560 g/mol. The Hall–Kier alpha value is -3.66. The SMILES string of the molecule is O=C(O)[C@H](Cc1c[nH]c2ccccc12)NP(=O)(Oc1ccc(Br)cc1)Oc1ccc([N+](=O)[O-])cc1. The van der Waals surface area contributed by atoms with Crippen LogP contribution >= 0.6 is 23.7 Å². The van der Waals surface area contributed by atoms with Gasteiger partial charge in [0.15, 0.2) is 0 Å². The van der Waals surface area contributed by atoms with E-state index in [0.717, 1.165) is 15.4 Å². The number of non-ortho nitro benzene ring substituents is 1. The van der Waals surface area contributed by atoms with E-state index in [2.05, 4.69) is 26.0 Å². The fraction of sp³-hybridized carbons (Fsp3) is 0.0870. The summed E-state index contributed by atoms with van der Waals surface area (Å²) in [6, 6.07) is 17.3. The minimum absolute atomic E-state index is 0.000206. The van der Waals surface area contributed by atoms with E-state index in [4.69, 9.17) is 9.05 Å². The van der Waals surface area contributed by atoms with E-state index in [1.807, 2.05) is 24.3 Å². The molecule has 4 rings (SSSR count). The quantitative estimate of drug-likeness (QED) is 0.128. The summed E-state index contributed by atoms with van der Waals surface area (Å²) >= 11 is 3.30. The van der Waals surface area contributed by atoms with Gasteiger partial charge in [-0.1, -0.05) is 34.1 Å². The molecule has 0 amide bonds. The van der Waals surface area contributed by atoms with Gasteiger partial charge in [-0.25, -0.2) is 4.57 Å². The molecule has 0 saturated heterocycles. The third-order valence-corrected chi connectivity index (χ3v) is 7.08. The standard InChI is InChI=1S/C23H19BrN3O7P/c24-16-5-9-18(10-6-16)33-35(32,34-19-11-7-17(8-12-19)27(30)31)26-22(23(28)29)13-15-14-25-21-4-2-1-3-20(15)21/h1-12,14,22,25H,13H2,(H,26,32)(H,28,29)/t22-,35?/m0/s1. The van der Waals surface area contributed by atoms with Gasteiger partial charge < -0.3 is 19.1 Å². The Labute approximate surface area is 207 Å². The van der Waals surface area contributed by atoms with Gasteiger partial charge in [0.25, 0.3) is 5.69 Å². The van der Waals surface area contributed by atoms with Gasteiger partial charge in [-0.2, -0.15) is 5.09 Å². The number of carboxylic acids is 1. The topological polar surface area (TPSA) is 144 Å². The second kappa shape index (κ2) is 10.3. The first-order valence-electron chi connectivity index (χ1n) is 10.3. The average Bonchev–Trinajstić information content (AvgIpc) is 3.23. The Bertz CT molecular complexity index is 1410. The Balaban J connectivity index is 1.63. The number of nitrogens with one attached hydrogen (secondary N) is 2. The molecule has 4 aromatic rings. The zero-order valence-corrected chi connectivity index (χ0v) is 20.4. The lowest BCUT2D eigenvalue weighted by atomic mass is 10.1. The van der Waals surface area contributed by atoms with Gasteiger partial charge in [-0.05, 0) is 48.0 Å². The summed E-state index contributed by atoms with van der Waals surface area (Å²) in [7, 11) is -4.33. The van der Waals surface area contributed by atoms with Crippen molar-refractivity contribution in [2.45, 2.75) is 12.5 Å². The van der Waals surface area contributed by atoms with Crippen LogP contribution in [0.15, 0.2) is 83.5 Å². The molecule has 1 aromatic heterocycles. The molecule has 3 N–H and O–H groups in total. The number of fused-ring (bicyclic) bond motifs is 1. The van der Waals surface area contributed by atoms with E-state index < -0.39 is 24.7 Å². The number of nitro groups is 1. The molecule has 0 spiro atoms. The molecule has 10 nitrogen and oxygen atoms in total. The molecule has 0 aliphatic rings. The lowest BCUT2D eigenvalue weighted by molar-refractivity contribution is -0.384. The van der Waals surface area contributed by atoms with E-state index in [1.165, 1.54) is 36.4 Å². The van der Waals surface area contributed by atoms with Crippen LogP contribution < -0.4 is 14.1 Å². The number of carbonyl (C=O) groups is 1. The molecule has 3 aromatic carbocycles. The zero-order chi connectivity index (χ0) is 25.0. The van der Waals surface area contributed by atoms with Gasteiger partial charge in [0, 0.05) is 40.1 Å². The number of hydrogen-bond donors (Lipinski definition) is 3. The maximum atomic E-state index is 13.8. The predicted octanol–water partition coefficient (Wildman–Crippen LogP) is 5.69. The zero-order valence-electron chi connectivity index (χ0n) is 18.0. The minimum Gasteiger partial charge on any atom is -0.480 e. The van der Waals surface area contributed by atoms with Crippen LogP contribution in [0.3, 0.4) is 0 Å². The largest absolute Gasteiger partial charge is 0.513 e. The Morgan fingerprint density at radius 2 is 1.66 bits per heavy atom. The molecule has 0 aliphatic carbocycles. The van der Waals surface area contributed by atoms with Crippen LogP contribution in [0.5, 0.6) is 11.5 Å². The maximum Gasteiger partial charge on any atom is 0.513 e. The third kappa shape index (κ3) is 6.07. The third-order valence-electron chi connectivity index (χ3n) is 5.02. The molecule has 0 aliphatic heterocycles. The molecule has 2 atom stereocenters. The summed E-state index contributed by atoms with van der Waals surface area (Å²) in [5.74, 6) is -1.09.